The van der Waals surface area contributed by atoms with Crippen LogP contribution in [0.15, 0.2) is 0 Å². The van der Waals surface area contributed by atoms with E-state index >= 15 is 0 Å². The molecule has 0 rings (SSSR count). The van der Waals surface area contributed by atoms with Gasteiger partial charge in [0.1, 0.15) is 0 Å². The van der Waals surface area contributed by atoms with Gasteiger partial charge in [-0.2, -0.15) is 0 Å². The largest absolute Gasteiger partial charge is 0.361 e. The van der Waals surface area contributed by atoms with E-state index < -0.39 is 7.60 Å². The molecular formula is C5H14N3O3PS. The van der Waals surface area contributed by atoms with Crippen LogP contribution in [-0.2, 0) is 4.57 Å². The van der Waals surface area contributed by atoms with Crippen molar-refractivity contribution in [3.63, 3.8) is 0 Å². The van der Waals surface area contributed by atoms with Crippen LogP contribution < -0.4 is 10.7 Å². The average Bonchev–Trinajstić information content (AvgIpc) is 1.81. The summed E-state index contributed by atoms with van der Waals surface area (Å²) in [5.74, 6) is 0. The maximum atomic E-state index is 10.4. The zero-order valence-corrected chi connectivity index (χ0v) is 9.23. The van der Waals surface area contributed by atoms with Gasteiger partial charge in [-0.3, -0.25) is 9.99 Å². The van der Waals surface area contributed by atoms with Crippen molar-refractivity contribution in [2.24, 2.45) is 0 Å². The topological polar surface area (TPSA) is 84.8 Å². The van der Waals surface area contributed by atoms with E-state index in [9.17, 15) is 4.57 Å². The predicted octanol–water partition coefficient (Wildman–Crippen LogP) is -0.895. The number of hydrazine groups is 1. The molecule has 0 aliphatic rings. The van der Waals surface area contributed by atoms with E-state index in [1.54, 1.807) is 19.1 Å². The van der Waals surface area contributed by atoms with Crippen LogP contribution in [0.25, 0.3) is 0 Å². The molecule has 78 valence electrons. The molecular weight excluding hydrogens is 213 g/mol. The first kappa shape index (κ1) is 12.8. The fourth-order valence-electron chi connectivity index (χ4n) is 0.558. The van der Waals surface area contributed by atoms with Gasteiger partial charge >= 0.3 is 7.60 Å². The Hall–Kier alpha value is -0.200. The van der Waals surface area contributed by atoms with E-state index in [2.05, 4.69) is 10.7 Å². The number of thiocarbonyl (C=S) groups is 1. The van der Waals surface area contributed by atoms with E-state index in [1.807, 2.05) is 0 Å². The molecule has 0 saturated heterocycles. The molecule has 8 heteroatoms. The summed E-state index contributed by atoms with van der Waals surface area (Å²) in [6.07, 6.45) is -0.220. The summed E-state index contributed by atoms with van der Waals surface area (Å²) >= 11 is 4.80. The summed E-state index contributed by atoms with van der Waals surface area (Å²) in [5, 5.41) is 4.63. The van der Waals surface area contributed by atoms with Gasteiger partial charge in [-0.15, -0.1) is 0 Å². The van der Waals surface area contributed by atoms with Crippen LogP contribution in [0.4, 0.5) is 0 Å². The third-order valence-electron chi connectivity index (χ3n) is 1.01. The average molecular weight is 227 g/mol. The Bertz CT molecular complexity index is 217. The standard InChI is InChI=1S/C5H14N3O3PS/c1-8(2)7-5(13)6-3-4-12(9,10)11/h3-4H2,1-2H3,(H2,6,7,13)(H2,9,10,11). The molecule has 0 aromatic rings. The third kappa shape index (κ3) is 9.72. The maximum Gasteiger partial charge on any atom is 0.327 e. The van der Waals surface area contributed by atoms with Crippen LogP contribution in [0.3, 0.4) is 0 Å². The maximum absolute atomic E-state index is 10.4. The monoisotopic (exact) mass is 227 g/mol. The second-order valence-corrected chi connectivity index (χ2v) is 4.84. The predicted molar refractivity (Wildman–Crippen MR) is 54.3 cm³/mol. The Balaban J connectivity index is 3.55. The summed E-state index contributed by atoms with van der Waals surface area (Å²) in [6.45, 7) is 0.157. The SMILES string of the molecule is CN(C)NC(=S)NCCP(=O)(O)O. The van der Waals surface area contributed by atoms with Crippen molar-refractivity contribution in [2.45, 2.75) is 0 Å². The smallest absolute Gasteiger partial charge is 0.327 e. The minimum atomic E-state index is -3.92. The van der Waals surface area contributed by atoms with Crippen LogP contribution in [0.5, 0.6) is 0 Å². The molecule has 0 fully saturated rings. The zero-order valence-electron chi connectivity index (χ0n) is 7.52. The summed E-state index contributed by atoms with van der Waals surface area (Å²) in [4.78, 5) is 17.0. The second kappa shape index (κ2) is 5.51. The molecule has 0 aliphatic heterocycles. The molecule has 0 bridgehead atoms. The summed E-state index contributed by atoms with van der Waals surface area (Å²) in [5.41, 5.74) is 2.73. The van der Waals surface area contributed by atoms with E-state index in [-0.39, 0.29) is 12.7 Å². The second-order valence-electron chi connectivity index (χ2n) is 2.65. The van der Waals surface area contributed by atoms with Crippen molar-refractivity contribution in [2.75, 3.05) is 26.8 Å². The summed E-state index contributed by atoms with van der Waals surface area (Å²) in [7, 11) is -0.398. The Morgan fingerprint density at radius 1 is 1.54 bits per heavy atom. The quantitative estimate of drug-likeness (QED) is 0.281. The molecule has 0 aromatic heterocycles. The molecule has 0 heterocycles. The van der Waals surface area contributed by atoms with Crippen LogP contribution >= 0.6 is 19.8 Å². The molecule has 0 atom stereocenters. The van der Waals surface area contributed by atoms with Crippen molar-refractivity contribution in [3.05, 3.63) is 0 Å². The normalized spacial score (nSPS) is 11.5. The van der Waals surface area contributed by atoms with Gasteiger partial charge in [0.2, 0.25) is 0 Å². The van der Waals surface area contributed by atoms with E-state index in [4.69, 9.17) is 22.0 Å². The van der Waals surface area contributed by atoms with Gasteiger partial charge in [-0.1, -0.05) is 0 Å². The first-order valence-corrected chi connectivity index (χ1v) is 5.78. The fourth-order valence-corrected chi connectivity index (χ4v) is 1.25. The van der Waals surface area contributed by atoms with Crippen molar-refractivity contribution in [1.29, 1.82) is 0 Å². The van der Waals surface area contributed by atoms with Gasteiger partial charge in [0.15, 0.2) is 5.11 Å². The van der Waals surface area contributed by atoms with Gasteiger partial charge in [0.05, 0.1) is 6.16 Å². The van der Waals surface area contributed by atoms with Gasteiger partial charge in [-0.25, -0.2) is 5.01 Å². The molecule has 13 heavy (non-hydrogen) atoms. The molecule has 0 radical (unpaired) electrons. The van der Waals surface area contributed by atoms with Crippen LogP contribution in [0, 0.1) is 0 Å². The fraction of sp³-hybridized carbons (Fsp3) is 0.800. The Morgan fingerprint density at radius 3 is 2.46 bits per heavy atom. The molecule has 6 nitrogen and oxygen atoms in total. The van der Waals surface area contributed by atoms with Gasteiger partial charge in [0, 0.05) is 20.6 Å². The highest BCUT2D eigenvalue weighted by molar-refractivity contribution is 7.80. The minimum Gasteiger partial charge on any atom is -0.361 e. The number of nitrogens with one attached hydrogen (secondary N) is 2. The third-order valence-corrected chi connectivity index (χ3v) is 2.06. The van der Waals surface area contributed by atoms with E-state index in [0.29, 0.717) is 5.11 Å². The number of rotatable bonds is 4. The zero-order chi connectivity index (χ0) is 10.5. The number of nitrogens with zero attached hydrogens (tertiary/aromatic N) is 1. The molecule has 0 aromatic carbocycles. The minimum absolute atomic E-state index is 0.157. The number of hydrogen-bond acceptors (Lipinski definition) is 3. The Labute approximate surface area is 82.4 Å². The lowest BCUT2D eigenvalue weighted by Gasteiger charge is -2.15. The lowest BCUT2D eigenvalue weighted by Crippen LogP contribution is -2.43. The van der Waals surface area contributed by atoms with Crippen LogP contribution in [0.1, 0.15) is 0 Å². The van der Waals surface area contributed by atoms with Crippen LogP contribution in [-0.4, -0.2) is 46.7 Å². The lowest BCUT2D eigenvalue weighted by atomic mass is 10.7. The molecule has 0 spiro atoms. The first-order valence-electron chi connectivity index (χ1n) is 3.57. The Morgan fingerprint density at radius 2 is 2.08 bits per heavy atom. The number of hydrogen-bond donors (Lipinski definition) is 4. The first-order chi connectivity index (χ1) is 5.81. The van der Waals surface area contributed by atoms with Gasteiger partial charge in [-0.05, 0) is 12.2 Å². The highest BCUT2D eigenvalue weighted by atomic mass is 32.1. The highest BCUT2D eigenvalue weighted by Crippen LogP contribution is 2.32. The lowest BCUT2D eigenvalue weighted by molar-refractivity contribution is 0.358. The van der Waals surface area contributed by atoms with E-state index in [1.165, 1.54) is 0 Å². The van der Waals surface area contributed by atoms with E-state index in [0.717, 1.165) is 0 Å². The molecule has 0 unspecified atom stereocenters. The van der Waals surface area contributed by atoms with Gasteiger partial charge < -0.3 is 15.1 Å². The molecule has 4 N–H and O–H groups in total. The summed E-state index contributed by atoms with van der Waals surface area (Å²) < 4.78 is 10.4. The van der Waals surface area contributed by atoms with Crippen molar-refractivity contribution in [3.8, 4) is 0 Å². The molecule has 0 aliphatic carbocycles. The van der Waals surface area contributed by atoms with Gasteiger partial charge in [0.25, 0.3) is 0 Å². The van der Waals surface area contributed by atoms with Crippen LogP contribution in [0.2, 0.25) is 0 Å². The van der Waals surface area contributed by atoms with Crippen molar-refractivity contribution < 1.29 is 14.4 Å². The van der Waals surface area contributed by atoms with Crippen molar-refractivity contribution in [1.82, 2.24) is 15.8 Å². The molecule has 0 saturated carbocycles. The molecule has 0 amide bonds. The van der Waals surface area contributed by atoms with Crippen molar-refractivity contribution >= 4 is 24.9 Å². The summed E-state index contributed by atoms with van der Waals surface area (Å²) in [6, 6.07) is 0. The Kier molecular flexibility index (Phi) is 5.43. The highest BCUT2D eigenvalue weighted by Gasteiger charge is 2.11.